The molecule has 1 heterocycles. The van der Waals surface area contributed by atoms with Crippen molar-refractivity contribution in [3.63, 3.8) is 0 Å². The Balaban J connectivity index is 1.41. The quantitative estimate of drug-likeness (QED) is 0.835. The molecule has 4 rings (SSSR count). The molecule has 0 radical (unpaired) electrons. The van der Waals surface area contributed by atoms with E-state index >= 15 is 0 Å². The first-order valence-corrected chi connectivity index (χ1v) is 9.33. The van der Waals surface area contributed by atoms with Crippen LogP contribution in [0.25, 0.3) is 0 Å². The minimum atomic E-state index is -0.319. The van der Waals surface area contributed by atoms with Gasteiger partial charge in [-0.2, -0.15) is 0 Å². The van der Waals surface area contributed by atoms with E-state index in [9.17, 15) is 14.4 Å². The monoisotopic (exact) mass is 379 g/mol. The molecule has 0 spiro atoms. The summed E-state index contributed by atoms with van der Waals surface area (Å²) in [5, 5.41) is 5.70. The summed E-state index contributed by atoms with van der Waals surface area (Å²) in [5.41, 5.74) is 1.71. The Morgan fingerprint density at radius 1 is 1.07 bits per heavy atom. The average Bonchev–Trinajstić information content (AvgIpc) is 3.52. The van der Waals surface area contributed by atoms with Crippen LogP contribution in [0.3, 0.4) is 0 Å². The number of hydrogen-bond donors (Lipinski definition) is 2. The number of benzene rings is 2. The van der Waals surface area contributed by atoms with Gasteiger partial charge in [0, 0.05) is 17.3 Å². The Hall–Kier alpha value is -3.35. The van der Waals surface area contributed by atoms with Gasteiger partial charge in [0.25, 0.3) is 5.91 Å². The molecule has 3 amide bonds. The fourth-order valence-corrected chi connectivity index (χ4v) is 3.04. The molecule has 2 N–H and O–H groups in total. The van der Waals surface area contributed by atoms with E-state index in [2.05, 4.69) is 10.6 Å². The van der Waals surface area contributed by atoms with Crippen molar-refractivity contribution in [2.45, 2.75) is 25.3 Å². The van der Waals surface area contributed by atoms with Gasteiger partial charge in [-0.1, -0.05) is 12.1 Å². The van der Waals surface area contributed by atoms with E-state index in [1.54, 1.807) is 42.5 Å². The Bertz CT molecular complexity index is 906. The van der Waals surface area contributed by atoms with Crippen LogP contribution in [0.5, 0.6) is 5.75 Å². The SMILES string of the molecule is O=C(CN1C(=O)CCOc2ccccc21)Nc1ccc(C(=O)NC2CC2)cc1. The number of hydrogen-bond acceptors (Lipinski definition) is 4. The molecule has 1 saturated carbocycles. The number of carbonyl (C=O) groups is 3. The molecule has 2 aromatic carbocycles. The third-order valence-electron chi connectivity index (χ3n) is 4.68. The molecule has 7 nitrogen and oxygen atoms in total. The predicted molar refractivity (Wildman–Crippen MR) is 104 cm³/mol. The molecule has 28 heavy (non-hydrogen) atoms. The summed E-state index contributed by atoms with van der Waals surface area (Å²) in [4.78, 5) is 38.4. The maximum absolute atomic E-state index is 12.5. The fourth-order valence-electron chi connectivity index (χ4n) is 3.04. The second-order valence-corrected chi connectivity index (χ2v) is 6.92. The second kappa shape index (κ2) is 7.72. The second-order valence-electron chi connectivity index (χ2n) is 6.92. The van der Waals surface area contributed by atoms with Gasteiger partial charge in [0.2, 0.25) is 11.8 Å². The number of rotatable bonds is 5. The smallest absolute Gasteiger partial charge is 0.251 e. The number of nitrogens with zero attached hydrogens (tertiary/aromatic N) is 1. The number of carbonyl (C=O) groups excluding carboxylic acids is 3. The van der Waals surface area contributed by atoms with Gasteiger partial charge in [-0.15, -0.1) is 0 Å². The lowest BCUT2D eigenvalue weighted by Gasteiger charge is -2.21. The van der Waals surface area contributed by atoms with E-state index in [1.165, 1.54) is 4.90 Å². The zero-order valence-electron chi connectivity index (χ0n) is 15.3. The van der Waals surface area contributed by atoms with Crippen LogP contribution in [-0.4, -0.2) is 36.9 Å². The molecule has 1 aliphatic heterocycles. The molecule has 2 aliphatic rings. The number of nitrogens with one attached hydrogen (secondary N) is 2. The highest BCUT2D eigenvalue weighted by Gasteiger charge is 2.25. The van der Waals surface area contributed by atoms with Crippen molar-refractivity contribution in [2.75, 3.05) is 23.4 Å². The Labute approximate surface area is 162 Å². The third kappa shape index (κ3) is 4.14. The van der Waals surface area contributed by atoms with Gasteiger partial charge in [0.15, 0.2) is 0 Å². The molecule has 144 valence electrons. The maximum atomic E-state index is 12.5. The summed E-state index contributed by atoms with van der Waals surface area (Å²) in [7, 11) is 0. The number of fused-ring (bicyclic) bond motifs is 1. The number of ether oxygens (including phenoxy) is 1. The lowest BCUT2D eigenvalue weighted by molar-refractivity contribution is -0.121. The largest absolute Gasteiger partial charge is 0.491 e. The number of para-hydroxylation sites is 2. The van der Waals surface area contributed by atoms with Crippen molar-refractivity contribution in [1.29, 1.82) is 0 Å². The summed E-state index contributed by atoms with van der Waals surface area (Å²) in [6.45, 7) is 0.182. The molecule has 0 aromatic heterocycles. The molecule has 7 heteroatoms. The van der Waals surface area contributed by atoms with Crippen LogP contribution >= 0.6 is 0 Å². The first-order valence-electron chi connectivity index (χ1n) is 9.33. The summed E-state index contributed by atoms with van der Waals surface area (Å²) in [6.07, 6.45) is 2.28. The summed E-state index contributed by atoms with van der Waals surface area (Å²) in [5.74, 6) is 0.00625. The topological polar surface area (TPSA) is 87.7 Å². The molecular weight excluding hydrogens is 358 g/mol. The predicted octanol–water partition coefficient (Wildman–Crippen LogP) is 2.33. The van der Waals surface area contributed by atoms with Crippen molar-refractivity contribution in [1.82, 2.24) is 5.32 Å². The van der Waals surface area contributed by atoms with Crippen molar-refractivity contribution in [3.8, 4) is 5.75 Å². The van der Waals surface area contributed by atoms with Crippen LogP contribution in [-0.2, 0) is 9.59 Å². The minimum Gasteiger partial charge on any atom is -0.491 e. The molecule has 1 aliphatic carbocycles. The van der Waals surface area contributed by atoms with Gasteiger partial charge in [-0.3, -0.25) is 19.3 Å². The molecule has 2 aromatic rings. The van der Waals surface area contributed by atoms with Gasteiger partial charge in [0.1, 0.15) is 12.3 Å². The highest BCUT2D eigenvalue weighted by molar-refractivity contribution is 6.04. The van der Waals surface area contributed by atoms with E-state index in [4.69, 9.17) is 4.74 Å². The fraction of sp³-hybridized carbons (Fsp3) is 0.286. The lowest BCUT2D eigenvalue weighted by atomic mass is 10.2. The Morgan fingerprint density at radius 3 is 2.57 bits per heavy atom. The maximum Gasteiger partial charge on any atom is 0.251 e. The van der Waals surface area contributed by atoms with Gasteiger partial charge in [-0.25, -0.2) is 0 Å². The van der Waals surface area contributed by atoms with E-state index in [0.29, 0.717) is 35.3 Å². The number of amides is 3. The standard InChI is InChI=1S/C21H21N3O4/c25-19(13-24-17-3-1-2-4-18(17)28-12-11-20(24)26)22-15-7-5-14(6-8-15)21(27)23-16-9-10-16/h1-8,16H,9-13H2,(H,22,25)(H,23,27). The van der Waals surface area contributed by atoms with Crippen molar-refractivity contribution >= 4 is 29.1 Å². The molecule has 0 bridgehead atoms. The van der Waals surface area contributed by atoms with Crippen LogP contribution < -0.4 is 20.3 Å². The molecule has 0 unspecified atom stereocenters. The van der Waals surface area contributed by atoms with E-state index < -0.39 is 0 Å². The summed E-state index contributed by atoms with van der Waals surface area (Å²) >= 11 is 0. The Kier molecular flexibility index (Phi) is 4.97. The first kappa shape index (κ1) is 18.0. The molecule has 1 fully saturated rings. The van der Waals surface area contributed by atoms with Crippen LogP contribution in [0, 0.1) is 0 Å². The molecule has 0 saturated heterocycles. The van der Waals surface area contributed by atoms with Crippen LogP contribution in [0.1, 0.15) is 29.6 Å². The van der Waals surface area contributed by atoms with Crippen LogP contribution in [0.15, 0.2) is 48.5 Å². The molecule has 0 atom stereocenters. The van der Waals surface area contributed by atoms with Crippen LogP contribution in [0.4, 0.5) is 11.4 Å². The van der Waals surface area contributed by atoms with Crippen molar-refractivity contribution in [3.05, 3.63) is 54.1 Å². The first-order chi connectivity index (χ1) is 13.6. The van der Waals surface area contributed by atoms with Crippen LogP contribution in [0.2, 0.25) is 0 Å². The van der Waals surface area contributed by atoms with Crippen molar-refractivity contribution < 1.29 is 19.1 Å². The highest BCUT2D eigenvalue weighted by Crippen LogP contribution is 2.30. The summed E-state index contributed by atoms with van der Waals surface area (Å²) in [6, 6.07) is 14.2. The Morgan fingerprint density at radius 2 is 1.82 bits per heavy atom. The zero-order chi connectivity index (χ0) is 19.5. The average molecular weight is 379 g/mol. The zero-order valence-corrected chi connectivity index (χ0v) is 15.3. The van der Waals surface area contributed by atoms with Gasteiger partial charge < -0.3 is 15.4 Å². The number of anilines is 2. The van der Waals surface area contributed by atoms with E-state index in [0.717, 1.165) is 12.8 Å². The lowest BCUT2D eigenvalue weighted by Crippen LogP contribution is -2.37. The van der Waals surface area contributed by atoms with Gasteiger partial charge in [0.05, 0.1) is 18.7 Å². The third-order valence-corrected chi connectivity index (χ3v) is 4.68. The van der Waals surface area contributed by atoms with E-state index in [-0.39, 0.29) is 30.7 Å². The summed E-state index contributed by atoms with van der Waals surface area (Å²) < 4.78 is 5.58. The minimum absolute atomic E-state index is 0.104. The van der Waals surface area contributed by atoms with Crippen molar-refractivity contribution in [2.24, 2.45) is 0 Å². The highest BCUT2D eigenvalue weighted by atomic mass is 16.5. The van der Waals surface area contributed by atoms with E-state index in [1.807, 2.05) is 6.07 Å². The normalized spacial score (nSPS) is 15.9. The van der Waals surface area contributed by atoms with Gasteiger partial charge >= 0.3 is 0 Å². The van der Waals surface area contributed by atoms with Gasteiger partial charge in [-0.05, 0) is 49.2 Å². The molecular formula is C21H21N3O4.